The van der Waals surface area contributed by atoms with Gasteiger partial charge >= 0.3 is 0 Å². The molecule has 5 heteroatoms. The van der Waals surface area contributed by atoms with Gasteiger partial charge in [-0.15, -0.1) is 23.1 Å². The van der Waals surface area contributed by atoms with Crippen molar-refractivity contribution in [1.29, 1.82) is 0 Å². The second-order valence-electron chi connectivity index (χ2n) is 4.33. The first-order valence-corrected chi connectivity index (χ1v) is 7.17. The van der Waals surface area contributed by atoms with Gasteiger partial charge in [-0.3, -0.25) is 0 Å². The zero-order chi connectivity index (χ0) is 11.6. The summed E-state index contributed by atoms with van der Waals surface area (Å²) < 4.78 is 0. The van der Waals surface area contributed by atoms with E-state index in [4.69, 9.17) is 0 Å². The van der Waals surface area contributed by atoms with Crippen LogP contribution in [0.5, 0.6) is 0 Å². The molecule has 0 aromatic carbocycles. The Morgan fingerprint density at radius 3 is 3.00 bits per heavy atom. The number of hydrogen-bond donors (Lipinski definition) is 2. The van der Waals surface area contributed by atoms with Crippen molar-refractivity contribution < 1.29 is 5.11 Å². The van der Waals surface area contributed by atoms with E-state index >= 15 is 0 Å². The summed E-state index contributed by atoms with van der Waals surface area (Å²) in [6.45, 7) is 4.29. The molecule has 0 saturated carbocycles. The van der Waals surface area contributed by atoms with Gasteiger partial charge < -0.3 is 10.4 Å². The predicted molar refractivity (Wildman–Crippen MR) is 69.6 cm³/mol. The van der Waals surface area contributed by atoms with Gasteiger partial charge in [-0.05, 0) is 19.3 Å². The average Bonchev–Trinajstić information content (AvgIpc) is 2.85. The minimum Gasteiger partial charge on any atom is -0.384 e. The van der Waals surface area contributed by atoms with Crippen molar-refractivity contribution in [3.63, 3.8) is 0 Å². The lowest BCUT2D eigenvalue weighted by Gasteiger charge is -2.13. The molecule has 1 aliphatic rings. The van der Waals surface area contributed by atoms with E-state index in [9.17, 15) is 5.11 Å². The van der Waals surface area contributed by atoms with Gasteiger partial charge in [0.25, 0.3) is 0 Å². The van der Waals surface area contributed by atoms with Crippen LogP contribution >= 0.6 is 23.1 Å². The van der Waals surface area contributed by atoms with Crippen molar-refractivity contribution in [2.45, 2.75) is 32.0 Å². The van der Waals surface area contributed by atoms with E-state index in [0.717, 1.165) is 23.0 Å². The molecule has 0 saturated heterocycles. The molecule has 0 bridgehead atoms. The third kappa shape index (κ3) is 3.07. The lowest BCUT2D eigenvalue weighted by atomic mass is 10.1. The van der Waals surface area contributed by atoms with Gasteiger partial charge in [0, 0.05) is 23.7 Å². The van der Waals surface area contributed by atoms with Crippen LogP contribution in [-0.4, -0.2) is 21.9 Å². The summed E-state index contributed by atoms with van der Waals surface area (Å²) in [4.78, 5) is 4.42. The summed E-state index contributed by atoms with van der Waals surface area (Å²) in [7, 11) is 0. The normalized spacial score (nSPS) is 20.6. The number of thioether (sulfide) groups is 1. The maximum absolute atomic E-state index is 9.79. The van der Waals surface area contributed by atoms with E-state index in [1.165, 1.54) is 0 Å². The molecule has 0 fully saturated rings. The van der Waals surface area contributed by atoms with E-state index in [2.05, 4.69) is 21.8 Å². The van der Waals surface area contributed by atoms with Crippen LogP contribution in [0.3, 0.4) is 0 Å². The van der Waals surface area contributed by atoms with Crippen molar-refractivity contribution >= 4 is 23.1 Å². The van der Waals surface area contributed by atoms with Crippen molar-refractivity contribution in [3.8, 4) is 0 Å². The van der Waals surface area contributed by atoms with Crippen molar-refractivity contribution in [1.82, 2.24) is 10.3 Å². The van der Waals surface area contributed by atoms with Crippen LogP contribution in [-0.2, 0) is 12.1 Å². The van der Waals surface area contributed by atoms with Gasteiger partial charge in [0.1, 0.15) is 10.6 Å². The molecule has 0 amide bonds. The van der Waals surface area contributed by atoms with Crippen LogP contribution < -0.4 is 5.32 Å². The summed E-state index contributed by atoms with van der Waals surface area (Å²) in [6, 6.07) is 0.458. The van der Waals surface area contributed by atoms with Crippen molar-refractivity contribution in [3.05, 3.63) is 27.6 Å². The predicted octanol–water partition coefficient (Wildman–Crippen LogP) is 2.09. The molecule has 2 heterocycles. The monoisotopic (exact) mass is 256 g/mol. The molecule has 0 spiro atoms. The third-order valence-corrected chi connectivity index (χ3v) is 4.13. The molecule has 0 radical (unpaired) electrons. The van der Waals surface area contributed by atoms with Gasteiger partial charge in [-0.1, -0.05) is 6.08 Å². The maximum Gasteiger partial charge on any atom is 0.107 e. The fourth-order valence-electron chi connectivity index (χ4n) is 1.38. The first kappa shape index (κ1) is 12.1. The van der Waals surface area contributed by atoms with Gasteiger partial charge in [-0.2, -0.15) is 0 Å². The minimum absolute atomic E-state index is 0.458. The lowest BCUT2D eigenvalue weighted by Crippen LogP contribution is -2.27. The van der Waals surface area contributed by atoms with Gasteiger partial charge in [0.2, 0.25) is 0 Å². The number of hydrogen-bond acceptors (Lipinski definition) is 5. The van der Waals surface area contributed by atoms with E-state index in [-0.39, 0.29) is 0 Å². The Labute approximate surface area is 104 Å². The highest BCUT2D eigenvalue weighted by Gasteiger charge is 2.19. The topological polar surface area (TPSA) is 45.1 Å². The third-order valence-electron chi connectivity index (χ3n) is 2.38. The molecule has 1 aromatic heterocycles. The van der Waals surface area contributed by atoms with Crippen molar-refractivity contribution in [2.75, 3.05) is 5.75 Å². The molecule has 2 N–H and O–H groups in total. The second kappa shape index (κ2) is 4.87. The molecule has 1 atom stereocenters. The Morgan fingerprint density at radius 1 is 1.62 bits per heavy atom. The number of thiazole rings is 1. The van der Waals surface area contributed by atoms with Crippen LogP contribution in [0.2, 0.25) is 0 Å². The molecule has 88 valence electrons. The van der Waals surface area contributed by atoms with Crippen LogP contribution in [0, 0.1) is 0 Å². The molecular formula is C11H16N2OS2. The summed E-state index contributed by atoms with van der Waals surface area (Å²) in [5.41, 5.74) is -0.0802. The number of aliphatic hydroxyl groups is 1. The minimum atomic E-state index is -0.835. The highest BCUT2D eigenvalue weighted by molar-refractivity contribution is 8.02. The second-order valence-corrected chi connectivity index (χ2v) is 6.22. The molecule has 0 aliphatic carbocycles. The van der Waals surface area contributed by atoms with E-state index in [1.54, 1.807) is 25.2 Å². The van der Waals surface area contributed by atoms with E-state index in [1.807, 2.05) is 17.1 Å². The van der Waals surface area contributed by atoms with Gasteiger partial charge in [0.05, 0.1) is 5.69 Å². The summed E-state index contributed by atoms with van der Waals surface area (Å²) >= 11 is 3.42. The Hall–Kier alpha value is -0.360. The van der Waals surface area contributed by atoms with Crippen LogP contribution in [0.25, 0.3) is 0 Å². The highest BCUT2D eigenvalue weighted by Crippen LogP contribution is 2.22. The molecule has 1 unspecified atom stereocenters. The van der Waals surface area contributed by atoms with E-state index in [0.29, 0.717) is 6.04 Å². The molecule has 1 aliphatic heterocycles. The molecule has 16 heavy (non-hydrogen) atoms. The molecule has 1 aromatic rings. The fourth-order valence-corrected chi connectivity index (χ4v) is 3.14. The van der Waals surface area contributed by atoms with Gasteiger partial charge in [-0.25, -0.2) is 4.98 Å². The lowest BCUT2D eigenvalue weighted by molar-refractivity contribution is 0.0743. The molecular weight excluding hydrogens is 240 g/mol. The van der Waals surface area contributed by atoms with Crippen LogP contribution in [0.1, 0.15) is 24.5 Å². The van der Waals surface area contributed by atoms with Gasteiger partial charge in [0.15, 0.2) is 0 Å². The first-order valence-electron chi connectivity index (χ1n) is 5.24. The standard InChI is InChI=1S/C11H16N2OS2/c1-11(2,14)9-7-16-10(13-9)5-12-8-3-4-15-6-8/h3-4,7-8,12,14H,5-6H2,1-2H3. The zero-order valence-electron chi connectivity index (χ0n) is 9.43. The summed E-state index contributed by atoms with van der Waals surface area (Å²) in [5.74, 6) is 1.10. The fraction of sp³-hybridized carbons (Fsp3) is 0.545. The quantitative estimate of drug-likeness (QED) is 0.866. The van der Waals surface area contributed by atoms with Crippen molar-refractivity contribution in [2.24, 2.45) is 0 Å². The number of rotatable bonds is 4. The first-order chi connectivity index (χ1) is 7.55. The average molecular weight is 256 g/mol. The Morgan fingerprint density at radius 2 is 2.44 bits per heavy atom. The van der Waals surface area contributed by atoms with E-state index < -0.39 is 5.60 Å². The Bertz CT molecular complexity index is 382. The maximum atomic E-state index is 9.79. The molecule has 3 nitrogen and oxygen atoms in total. The largest absolute Gasteiger partial charge is 0.384 e. The van der Waals surface area contributed by atoms with Crippen LogP contribution in [0.15, 0.2) is 16.9 Å². The number of nitrogens with one attached hydrogen (secondary N) is 1. The molecule has 2 rings (SSSR count). The number of nitrogens with zero attached hydrogens (tertiary/aromatic N) is 1. The number of aromatic nitrogens is 1. The SMILES string of the molecule is CC(C)(O)c1csc(CNC2C=CSC2)n1. The van der Waals surface area contributed by atoms with Crippen LogP contribution in [0.4, 0.5) is 0 Å². The Balaban J connectivity index is 1.90. The summed E-state index contributed by atoms with van der Waals surface area (Å²) in [5, 5.41) is 18.3. The Kier molecular flexibility index (Phi) is 3.69. The summed E-state index contributed by atoms with van der Waals surface area (Å²) in [6.07, 6.45) is 2.18. The zero-order valence-corrected chi connectivity index (χ0v) is 11.1. The highest BCUT2D eigenvalue weighted by atomic mass is 32.2. The smallest absolute Gasteiger partial charge is 0.107 e.